The Morgan fingerprint density at radius 3 is 2.74 bits per heavy atom. The van der Waals surface area contributed by atoms with Crippen LogP contribution < -0.4 is 4.74 Å². The first-order valence-electron chi connectivity index (χ1n) is 11.1. The lowest BCUT2D eigenvalue weighted by Crippen LogP contribution is -2.40. The van der Waals surface area contributed by atoms with Crippen molar-refractivity contribution in [1.82, 2.24) is 19.9 Å². The molecule has 9 heteroatoms. The fourth-order valence-corrected chi connectivity index (χ4v) is 3.94. The number of ether oxygens (including phenoxy) is 2. The summed E-state index contributed by atoms with van der Waals surface area (Å²) in [6.45, 7) is 4.90. The first kappa shape index (κ1) is 23.4. The van der Waals surface area contributed by atoms with Gasteiger partial charge in [0.1, 0.15) is 23.7 Å². The maximum Gasteiger partial charge on any atom is 0.273 e. The molecule has 1 fully saturated rings. The van der Waals surface area contributed by atoms with E-state index in [-0.39, 0.29) is 31.5 Å². The van der Waals surface area contributed by atoms with Crippen molar-refractivity contribution in [3.8, 4) is 5.75 Å². The Bertz CT molecular complexity index is 1130. The quantitative estimate of drug-likeness (QED) is 0.530. The molecular weight excluding hydrogens is 436 g/mol. The zero-order valence-corrected chi connectivity index (χ0v) is 19.6. The van der Waals surface area contributed by atoms with Crippen molar-refractivity contribution < 1.29 is 23.6 Å². The van der Waals surface area contributed by atoms with E-state index in [0.717, 1.165) is 22.6 Å². The van der Waals surface area contributed by atoms with Crippen LogP contribution in [-0.4, -0.2) is 64.6 Å². The number of aryl methyl sites for hydroxylation is 2. The molecule has 1 atom stereocenters. The number of carbonyl (C=O) groups is 2. The Morgan fingerprint density at radius 2 is 2.03 bits per heavy atom. The number of hydrogen-bond donors (Lipinski definition) is 0. The van der Waals surface area contributed by atoms with Crippen molar-refractivity contribution in [2.45, 2.75) is 33.1 Å². The van der Waals surface area contributed by atoms with E-state index in [9.17, 15) is 9.59 Å². The highest BCUT2D eigenvalue weighted by Crippen LogP contribution is 2.20. The van der Waals surface area contributed by atoms with E-state index in [4.69, 9.17) is 14.0 Å². The number of aromatic nitrogens is 2. The van der Waals surface area contributed by atoms with E-state index < -0.39 is 6.10 Å². The molecule has 2 amide bonds. The van der Waals surface area contributed by atoms with Crippen molar-refractivity contribution in [2.75, 3.05) is 26.7 Å². The second-order valence-electron chi connectivity index (χ2n) is 8.26. The minimum atomic E-state index is -0.404. The third kappa shape index (κ3) is 5.43. The number of carbonyl (C=O) groups excluding carboxylic acids is 2. The average Bonchev–Trinajstić information content (AvgIpc) is 3.09. The van der Waals surface area contributed by atoms with Crippen molar-refractivity contribution in [3.63, 3.8) is 0 Å². The summed E-state index contributed by atoms with van der Waals surface area (Å²) in [7, 11) is 1.61. The maximum atomic E-state index is 13.2. The van der Waals surface area contributed by atoms with Crippen LogP contribution in [0.5, 0.6) is 5.75 Å². The fourth-order valence-electron chi connectivity index (χ4n) is 3.94. The van der Waals surface area contributed by atoms with E-state index in [1.807, 2.05) is 38.1 Å². The zero-order valence-electron chi connectivity index (χ0n) is 19.6. The van der Waals surface area contributed by atoms with Crippen LogP contribution in [0.15, 0.2) is 53.2 Å². The van der Waals surface area contributed by atoms with E-state index in [2.05, 4.69) is 10.1 Å². The Balaban J connectivity index is 1.56. The molecule has 1 aromatic carbocycles. The van der Waals surface area contributed by atoms with Gasteiger partial charge in [0, 0.05) is 31.4 Å². The lowest BCUT2D eigenvalue weighted by atomic mass is 10.2. The summed E-state index contributed by atoms with van der Waals surface area (Å²) in [4.78, 5) is 33.7. The van der Waals surface area contributed by atoms with Gasteiger partial charge in [-0.3, -0.25) is 14.6 Å². The van der Waals surface area contributed by atoms with Crippen LogP contribution in [0, 0.1) is 13.8 Å². The highest BCUT2D eigenvalue weighted by atomic mass is 16.5. The zero-order chi connectivity index (χ0) is 24.1. The molecule has 1 aliphatic rings. The monoisotopic (exact) mass is 464 g/mol. The van der Waals surface area contributed by atoms with Crippen LogP contribution in [-0.2, 0) is 22.7 Å². The molecule has 0 aliphatic carbocycles. The number of methoxy groups -OCH3 is 1. The van der Waals surface area contributed by atoms with Crippen LogP contribution in [0.25, 0.3) is 0 Å². The van der Waals surface area contributed by atoms with Gasteiger partial charge in [0.15, 0.2) is 0 Å². The van der Waals surface area contributed by atoms with Gasteiger partial charge in [-0.25, -0.2) is 0 Å². The van der Waals surface area contributed by atoms with Crippen molar-refractivity contribution in [1.29, 1.82) is 0 Å². The molecule has 2 aromatic heterocycles. The number of hydrogen-bond acceptors (Lipinski definition) is 7. The first-order valence-corrected chi connectivity index (χ1v) is 11.1. The predicted octanol–water partition coefficient (Wildman–Crippen LogP) is 2.77. The number of benzene rings is 1. The van der Waals surface area contributed by atoms with Crippen LogP contribution in [0.1, 0.15) is 33.1 Å². The lowest BCUT2D eigenvalue weighted by molar-refractivity contribution is -0.132. The van der Waals surface area contributed by atoms with Gasteiger partial charge in [0.05, 0.1) is 25.5 Å². The van der Waals surface area contributed by atoms with E-state index in [0.29, 0.717) is 24.5 Å². The normalized spacial score (nSPS) is 16.4. The van der Waals surface area contributed by atoms with Gasteiger partial charge in [0.2, 0.25) is 5.91 Å². The first-order chi connectivity index (χ1) is 16.4. The number of nitrogens with zero attached hydrogens (tertiary/aromatic N) is 4. The van der Waals surface area contributed by atoms with Gasteiger partial charge in [-0.1, -0.05) is 23.4 Å². The summed E-state index contributed by atoms with van der Waals surface area (Å²) in [6, 6.07) is 12.7. The number of rotatable bonds is 7. The average molecular weight is 465 g/mol. The fraction of sp³-hybridized carbons (Fsp3) is 0.360. The molecular formula is C25H28N4O5. The molecule has 0 spiro atoms. The van der Waals surface area contributed by atoms with Gasteiger partial charge in [-0.15, -0.1) is 0 Å². The van der Waals surface area contributed by atoms with E-state index in [1.165, 1.54) is 4.90 Å². The number of pyridine rings is 1. The van der Waals surface area contributed by atoms with Crippen molar-refractivity contribution >= 4 is 11.8 Å². The third-order valence-corrected chi connectivity index (χ3v) is 5.85. The minimum Gasteiger partial charge on any atom is -0.497 e. The van der Waals surface area contributed by atoms with E-state index >= 15 is 0 Å². The van der Waals surface area contributed by atoms with Gasteiger partial charge in [0.25, 0.3) is 5.91 Å². The summed E-state index contributed by atoms with van der Waals surface area (Å²) >= 11 is 0. The van der Waals surface area contributed by atoms with Crippen LogP contribution in [0.3, 0.4) is 0 Å². The van der Waals surface area contributed by atoms with Crippen LogP contribution >= 0.6 is 0 Å². The summed E-state index contributed by atoms with van der Waals surface area (Å²) in [5.41, 5.74) is 2.86. The Kier molecular flexibility index (Phi) is 7.22. The molecule has 34 heavy (non-hydrogen) atoms. The Hall–Kier alpha value is -3.72. The summed E-state index contributed by atoms with van der Waals surface area (Å²) < 4.78 is 16.8. The molecule has 0 N–H and O–H groups in total. The van der Waals surface area contributed by atoms with E-state index in [1.54, 1.807) is 36.4 Å². The Morgan fingerprint density at radius 1 is 1.18 bits per heavy atom. The molecule has 9 nitrogen and oxygen atoms in total. The topological polar surface area (TPSA) is 98.0 Å². The predicted molar refractivity (Wildman–Crippen MR) is 123 cm³/mol. The third-order valence-electron chi connectivity index (χ3n) is 5.85. The standard InChI is InChI=1S/C25H28N4O5/c1-17-22(18(2)34-27-17)16-33-21-13-28(12-19-7-6-8-20(11-19)32-3)24(30)15-29(14-21)25(31)23-9-4-5-10-26-23/h4-11,21H,12-16H2,1-3H3. The SMILES string of the molecule is COc1cccc(CN2CC(OCc3c(C)noc3C)CN(C(=O)c3ccccn3)CC2=O)c1. The largest absolute Gasteiger partial charge is 0.497 e. The summed E-state index contributed by atoms with van der Waals surface area (Å²) in [5, 5.41) is 3.98. The summed E-state index contributed by atoms with van der Waals surface area (Å²) in [5.74, 6) is 0.952. The maximum absolute atomic E-state index is 13.2. The molecule has 1 unspecified atom stereocenters. The highest BCUT2D eigenvalue weighted by molar-refractivity contribution is 5.95. The highest BCUT2D eigenvalue weighted by Gasteiger charge is 2.32. The number of amides is 2. The minimum absolute atomic E-state index is 0.0510. The second-order valence-corrected chi connectivity index (χ2v) is 8.26. The molecule has 3 aromatic rings. The molecule has 0 saturated carbocycles. The summed E-state index contributed by atoms with van der Waals surface area (Å²) in [6.07, 6.45) is 1.16. The molecule has 0 radical (unpaired) electrons. The van der Waals surface area contributed by atoms with Gasteiger partial charge in [-0.2, -0.15) is 0 Å². The van der Waals surface area contributed by atoms with Gasteiger partial charge >= 0.3 is 0 Å². The molecule has 3 heterocycles. The Labute approximate surface area is 198 Å². The molecule has 1 saturated heterocycles. The van der Waals surface area contributed by atoms with Gasteiger partial charge < -0.3 is 23.8 Å². The molecule has 1 aliphatic heterocycles. The molecule has 0 bridgehead atoms. The van der Waals surface area contributed by atoms with Gasteiger partial charge in [-0.05, 0) is 43.7 Å². The second kappa shape index (κ2) is 10.5. The van der Waals surface area contributed by atoms with Crippen LogP contribution in [0.2, 0.25) is 0 Å². The lowest BCUT2D eigenvalue weighted by Gasteiger charge is -2.25. The molecule has 4 rings (SSSR count). The van der Waals surface area contributed by atoms with Crippen molar-refractivity contribution in [2.24, 2.45) is 0 Å². The molecule has 178 valence electrons. The smallest absolute Gasteiger partial charge is 0.273 e. The van der Waals surface area contributed by atoms with Crippen LogP contribution in [0.4, 0.5) is 0 Å². The van der Waals surface area contributed by atoms with Crippen molar-refractivity contribution in [3.05, 3.63) is 76.9 Å².